The van der Waals surface area contributed by atoms with Gasteiger partial charge in [-0.2, -0.15) is 0 Å². The van der Waals surface area contributed by atoms with Crippen molar-refractivity contribution < 1.29 is 9.59 Å². The molecule has 2 amide bonds. The Bertz CT molecular complexity index is 1360. The van der Waals surface area contributed by atoms with Gasteiger partial charge in [-0.15, -0.1) is 0 Å². The van der Waals surface area contributed by atoms with Crippen LogP contribution < -0.4 is 0 Å². The molecule has 1 aromatic heterocycles. The van der Waals surface area contributed by atoms with Crippen LogP contribution in [0.2, 0.25) is 10.0 Å². The summed E-state index contributed by atoms with van der Waals surface area (Å²) in [4.78, 5) is 31.5. The maximum atomic E-state index is 12.7. The molecular formula is C25H19Cl2N3O2. The van der Waals surface area contributed by atoms with Crippen LogP contribution in [0.25, 0.3) is 11.0 Å². The van der Waals surface area contributed by atoms with Crippen LogP contribution in [0.1, 0.15) is 37.7 Å². The summed E-state index contributed by atoms with van der Waals surface area (Å²) in [5.74, 6) is 0.229. The molecule has 4 aromatic rings. The highest BCUT2D eigenvalue weighted by atomic mass is 35.5. The highest BCUT2D eigenvalue weighted by molar-refractivity contribution is 6.42. The number of carbonyl (C=O) groups is 2. The molecule has 0 N–H and O–H groups in total. The van der Waals surface area contributed by atoms with Crippen molar-refractivity contribution in [1.82, 2.24) is 14.5 Å². The summed E-state index contributed by atoms with van der Waals surface area (Å²) < 4.78 is 2.07. The molecule has 0 radical (unpaired) electrons. The van der Waals surface area contributed by atoms with Crippen LogP contribution in [0.3, 0.4) is 0 Å². The van der Waals surface area contributed by atoms with Gasteiger partial charge in [0, 0.05) is 19.5 Å². The van der Waals surface area contributed by atoms with E-state index in [9.17, 15) is 9.59 Å². The lowest BCUT2D eigenvalue weighted by Gasteiger charge is -2.15. The number of imide groups is 1. The fourth-order valence-corrected chi connectivity index (χ4v) is 4.50. The normalized spacial score (nSPS) is 13.3. The van der Waals surface area contributed by atoms with Crippen molar-refractivity contribution in [2.75, 3.05) is 6.54 Å². The third-order valence-corrected chi connectivity index (χ3v) is 6.45. The van der Waals surface area contributed by atoms with Crippen LogP contribution in [0.5, 0.6) is 0 Å². The fraction of sp³-hybridized carbons (Fsp3) is 0.160. The first kappa shape index (κ1) is 20.7. The number of imidazole rings is 1. The maximum absolute atomic E-state index is 12.7. The molecule has 160 valence electrons. The second-order valence-corrected chi connectivity index (χ2v) is 8.73. The van der Waals surface area contributed by atoms with E-state index in [-0.39, 0.29) is 18.4 Å². The van der Waals surface area contributed by atoms with Crippen LogP contribution in [-0.4, -0.2) is 32.8 Å². The molecule has 0 saturated heterocycles. The molecule has 0 fully saturated rings. The molecule has 0 atom stereocenters. The van der Waals surface area contributed by atoms with E-state index in [0.29, 0.717) is 34.1 Å². The Balaban J connectivity index is 1.49. The number of benzene rings is 3. The lowest BCUT2D eigenvalue weighted by Crippen LogP contribution is -2.32. The average molecular weight is 464 g/mol. The topological polar surface area (TPSA) is 55.2 Å². The van der Waals surface area contributed by atoms with Crippen LogP contribution in [0, 0.1) is 6.92 Å². The molecule has 0 saturated carbocycles. The molecule has 5 rings (SSSR count). The second kappa shape index (κ2) is 8.08. The van der Waals surface area contributed by atoms with E-state index in [1.54, 1.807) is 30.3 Å². The molecule has 0 unspecified atom stereocenters. The summed E-state index contributed by atoms with van der Waals surface area (Å²) in [6, 6.07) is 18.7. The number of aromatic nitrogens is 2. The summed E-state index contributed by atoms with van der Waals surface area (Å²) in [7, 11) is 0. The van der Waals surface area contributed by atoms with Crippen molar-refractivity contribution in [2.24, 2.45) is 0 Å². The second-order valence-electron chi connectivity index (χ2n) is 7.92. The fourth-order valence-electron chi connectivity index (χ4n) is 4.18. The molecule has 32 heavy (non-hydrogen) atoms. The number of amides is 2. The van der Waals surface area contributed by atoms with Crippen molar-refractivity contribution >= 4 is 46.0 Å². The minimum atomic E-state index is -0.266. The van der Waals surface area contributed by atoms with Crippen molar-refractivity contribution in [1.29, 1.82) is 0 Å². The first-order valence-corrected chi connectivity index (χ1v) is 11.0. The van der Waals surface area contributed by atoms with Gasteiger partial charge in [0.25, 0.3) is 11.8 Å². The number of aryl methyl sites for hydroxylation is 1. The first-order valence-electron chi connectivity index (χ1n) is 10.3. The smallest absolute Gasteiger partial charge is 0.261 e. The predicted molar refractivity (Wildman–Crippen MR) is 126 cm³/mol. The van der Waals surface area contributed by atoms with Gasteiger partial charge < -0.3 is 4.57 Å². The van der Waals surface area contributed by atoms with Crippen molar-refractivity contribution in [3.8, 4) is 0 Å². The van der Waals surface area contributed by atoms with Gasteiger partial charge in [-0.1, -0.05) is 65.2 Å². The molecule has 0 bridgehead atoms. The molecular weight excluding hydrogens is 445 g/mol. The Morgan fingerprint density at radius 2 is 1.56 bits per heavy atom. The zero-order valence-corrected chi connectivity index (χ0v) is 18.8. The predicted octanol–water partition coefficient (Wildman–Crippen LogP) is 5.54. The number of rotatable bonds is 5. The summed E-state index contributed by atoms with van der Waals surface area (Å²) in [5.41, 5.74) is 4.77. The lowest BCUT2D eigenvalue weighted by atomic mass is 10.1. The molecule has 1 aliphatic rings. The van der Waals surface area contributed by atoms with Crippen LogP contribution in [0.4, 0.5) is 0 Å². The van der Waals surface area contributed by atoms with Crippen molar-refractivity contribution in [3.05, 3.63) is 98.8 Å². The van der Waals surface area contributed by atoms with Gasteiger partial charge in [-0.25, -0.2) is 4.98 Å². The van der Waals surface area contributed by atoms with Crippen LogP contribution >= 0.6 is 23.2 Å². The summed E-state index contributed by atoms with van der Waals surface area (Å²) in [6.07, 6.45) is 0.418. The number of halogens is 2. The van der Waals surface area contributed by atoms with E-state index >= 15 is 0 Å². The van der Waals surface area contributed by atoms with E-state index in [1.807, 2.05) is 12.1 Å². The Morgan fingerprint density at radius 1 is 0.875 bits per heavy atom. The van der Waals surface area contributed by atoms with E-state index < -0.39 is 0 Å². The SMILES string of the molecule is Cc1cccc(Cn2c(CCN3C(=O)c4ccccc4C3=O)nc3cc(Cl)c(Cl)cc32)c1. The van der Waals surface area contributed by atoms with Crippen LogP contribution in [0.15, 0.2) is 60.7 Å². The molecule has 3 aromatic carbocycles. The third kappa shape index (κ3) is 3.57. The highest BCUT2D eigenvalue weighted by Crippen LogP contribution is 2.30. The van der Waals surface area contributed by atoms with Crippen molar-refractivity contribution in [3.63, 3.8) is 0 Å². The highest BCUT2D eigenvalue weighted by Gasteiger charge is 2.35. The monoisotopic (exact) mass is 463 g/mol. The van der Waals surface area contributed by atoms with E-state index in [1.165, 1.54) is 10.5 Å². The Hall–Kier alpha value is -3.15. The van der Waals surface area contributed by atoms with Crippen molar-refractivity contribution in [2.45, 2.75) is 19.9 Å². The standard InChI is InChI=1S/C25H19Cl2N3O2/c1-15-5-4-6-16(11-15)14-30-22-13-20(27)19(26)12-21(22)28-23(30)9-10-29-24(31)17-7-2-3-8-18(17)25(29)32/h2-8,11-13H,9-10,14H2,1H3. The first-order chi connectivity index (χ1) is 15.4. The zero-order valence-electron chi connectivity index (χ0n) is 17.3. The van der Waals surface area contributed by atoms with Gasteiger partial charge in [-0.3, -0.25) is 14.5 Å². The van der Waals surface area contributed by atoms with Gasteiger partial charge in [0.15, 0.2) is 0 Å². The van der Waals surface area contributed by atoms with E-state index in [4.69, 9.17) is 28.2 Å². The molecule has 1 aliphatic heterocycles. The number of nitrogens with zero attached hydrogens (tertiary/aromatic N) is 3. The Morgan fingerprint density at radius 3 is 2.25 bits per heavy atom. The van der Waals surface area contributed by atoms with Gasteiger partial charge in [-0.05, 0) is 36.8 Å². The number of fused-ring (bicyclic) bond motifs is 2. The number of hydrogen-bond acceptors (Lipinski definition) is 3. The van der Waals surface area contributed by atoms with Gasteiger partial charge >= 0.3 is 0 Å². The molecule has 2 heterocycles. The molecule has 0 aliphatic carbocycles. The third-order valence-electron chi connectivity index (χ3n) is 5.73. The summed E-state index contributed by atoms with van der Waals surface area (Å²) in [5, 5.41) is 0.891. The van der Waals surface area contributed by atoms with Gasteiger partial charge in [0.2, 0.25) is 0 Å². The molecule has 0 spiro atoms. The largest absolute Gasteiger partial charge is 0.323 e. The summed E-state index contributed by atoms with van der Waals surface area (Å²) in [6.45, 7) is 2.88. The molecule has 5 nitrogen and oxygen atoms in total. The number of hydrogen-bond donors (Lipinski definition) is 0. The Kier molecular flexibility index (Phi) is 5.24. The van der Waals surface area contributed by atoms with E-state index in [0.717, 1.165) is 22.4 Å². The quantitative estimate of drug-likeness (QED) is 0.365. The average Bonchev–Trinajstić information content (AvgIpc) is 3.22. The van der Waals surface area contributed by atoms with E-state index in [2.05, 4.69) is 29.7 Å². The maximum Gasteiger partial charge on any atom is 0.261 e. The number of carbonyl (C=O) groups excluding carboxylic acids is 2. The minimum Gasteiger partial charge on any atom is -0.323 e. The minimum absolute atomic E-state index is 0.241. The van der Waals surface area contributed by atoms with Gasteiger partial charge in [0.1, 0.15) is 5.82 Å². The van der Waals surface area contributed by atoms with Crippen LogP contribution in [-0.2, 0) is 13.0 Å². The zero-order chi connectivity index (χ0) is 22.4. The van der Waals surface area contributed by atoms with Gasteiger partial charge in [0.05, 0.1) is 32.2 Å². The lowest BCUT2D eigenvalue weighted by molar-refractivity contribution is 0.0655. The summed E-state index contributed by atoms with van der Waals surface area (Å²) >= 11 is 12.5. The molecule has 7 heteroatoms. The Labute approximate surface area is 195 Å².